The van der Waals surface area contributed by atoms with Crippen LogP contribution in [0.5, 0.6) is 0 Å². The number of nitrogens with zero attached hydrogens (tertiary/aromatic N) is 2. The average Bonchev–Trinajstić information content (AvgIpc) is 2.79. The first-order chi connectivity index (χ1) is 16.8. The van der Waals surface area contributed by atoms with Crippen molar-refractivity contribution in [3.8, 4) is 0 Å². The van der Waals surface area contributed by atoms with E-state index in [4.69, 9.17) is 11.6 Å². The van der Waals surface area contributed by atoms with Gasteiger partial charge in [-0.1, -0.05) is 49.7 Å². The van der Waals surface area contributed by atoms with Crippen LogP contribution in [0.4, 0.5) is 5.69 Å². The summed E-state index contributed by atoms with van der Waals surface area (Å²) in [5, 5.41) is 3.45. The van der Waals surface area contributed by atoms with Crippen molar-refractivity contribution in [1.82, 2.24) is 10.2 Å². The number of hydrogen-bond donors (Lipinski definition) is 1. The van der Waals surface area contributed by atoms with E-state index in [1.807, 2.05) is 52.0 Å². The van der Waals surface area contributed by atoms with E-state index in [-0.39, 0.29) is 37.2 Å². The van der Waals surface area contributed by atoms with Crippen LogP contribution in [0, 0.1) is 19.8 Å². The van der Waals surface area contributed by atoms with E-state index >= 15 is 0 Å². The molecular formula is C27H38ClN3O4S. The summed E-state index contributed by atoms with van der Waals surface area (Å²) in [6.45, 7) is 10.4. The first-order valence-corrected chi connectivity index (χ1v) is 14.4. The highest BCUT2D eigenvalue weighted by Gasteiger charge is 2.27. The maximum Gasteiger partial charge on any atom is 0.242 e. The average molecular weight is 536 g/mol. The van der Waals surface area contributed by atoms with Crippen LogP contribution in [0.3, 0.4) is 0 Å². The molecule has 0 aliphatic heterocycles. The van der Waals surface area contributed by atoms with Gasteiger partial charge >= 0.3 is 0 Å². The van der Waals surface area contributed by atoms with Crippen LogP contribution in [0.25, 0.3) is 0 Å². The fourth-order valence-corrected chi connectivity index (χ4v) is 5.07. The Hall–Kier alpha value is -2.58. The van der Waals surface area contributed by atoms with Gasteiger partial charge in [-0.15, -0.1) is 0 Å². The van der Waals surface area contributed by atoms with E-state index in [1.165, 1.54) is 15.5 Å². The van der Waals surface area contributed by atoms with Crippen LogP contribution in [-0.2, 0) is 26.2 Å². The zero-order valence-electron chi connectivity index (χ0n) is 22.0. The molecule has 198 valence electrons. The van der Waals surface area contributed by atoms with Crippen molar-refractivity contribution >= 4 is 39.1 Å². The first-order valence-electron chi connectivity index (χ1n) is 12.2. The van der Waals surface area contributed by atoms with Crippen LogP contribution < -0.4 is 9.62 Å². The number of carbonyl (C=O) groups excluding carboxylic acids is 2. The molecule has 36 heavy (non-hydrogen) atoms. The third-order valence-corrected chi connectivity index (χ3v) is 7.29. The standard InChI is InChI=1S/C27H38ClN3O4S/c1-19(2)17-29-27(33)22(5)30(18-23-9-7-10-24(28)16-23)26(32)11-8-14-31(36(6,34)35)25-15-20(3)12-13-21(25)4/h7,9-10,12-13,15-16,19,22H,8,11,14,17-18H2,1-6H3,(H,29,33). The van der Waals surface area contributed by atoms with Crippen LogP contribution >= 0.6 is 11.6 Å². The maximum absolute atomic E-state index is 13.4. The molecule has 2 aromatic rings. The number of nitrogens with one attached hydrogen (secondary N) is 1. The summed E-state index contributed by atoms with van der Waals surface area (Å²) in [5.41, 5.74) is 3.22. The number of halogens is 1. The minimum absolute atomic E-state index is 0.0965. The van der Waals surface area contributed by atoms with Crippen LogP contribution in [0.2, 0.25) is 5.02 Å². The first kappa shape index (κ1) is 29.6. The molecule has 1 N–H and O–H groups in total. The van der Waals surface area contributed by atoms with Gasteiger partial charge in [0, 0.05) is 31.1 Å². The van der Waals surface area contributed by atoms with Crippen molar-refractivity contribution in [1.29, 1.82) is 0 Å². The zero-order valence-corrected chi connectivity index (χ0v) is 23.6. The van der Waals surface area contributed by atoms with Crippen molar-refractivity contribution < 1.29 is 18.0 Å². The molecule has 0 heterocycles. The Morgan fingerprint density at radius 2 is 1.75 bits per heavy atom. The lowest BCUT2D eigenvalue weighted by atomic mass is 10.1. The Kier molecular flexibility index (Phi) is 10.8. The molecule has 0 aliphatic carbocycles. The Balaban J connectivity index is 2.19. The second kappa shape index (κ2) is 13.1. The van der Waals surface area contributed by atoms with E-state index in [2.05, 4.69) is 5.32 Å². The molecule has 0 radical (unpaired) electrons. The molecule has 2 aromatic carbocycles. The van der Waals surface area contributed by atoms with Crippen molar-refractivity contribution in [2.75, 3.05) is 23.7 Å². The summed E-state index contributed by atoms with van der Waals surface area (Å²) >= 11 is 6.13. The number of aryl methyl sites for hydroxylation is 2. The molecule has 9 heteroatoms. The van der Waals surface area contributed by atoms with Gasteiger partial charge in [0.15, 0.2) is 0 Å². The van der Waals surface area contributed by atoms with Gasteiger partial charge in [-0.25, -0.2) is 8.42 Å². The molecule has 2 rings (SSSR count). The highest BCUT2D eigenvalue weighted by Crippen LogP contribution is 2.25. The molecule has 1 unspecified atom stereocenters. The summed E-state index contributed by atoms with van der Waals surface area (Å²) in [5.74, 6) is -0.172. The maximum atomic E-state index is 13.4. The van der Waals surface area contributed by atoms with Gasteiger partial charge in [-0.3, -0.25) is 13.9 Å². The third-order valence-electron chi connectivity index (χ3n) is 5.88. The molecule has 2 amide bonds. The third kappa shape index (κ3) is 8.82. The van der Waals surface area contributed by atoms with Gasteiger partial charge in [0.2, 0.25) is 21.8 Å². The van der Waals surface area contributed by atoms with Crippen LogP contribution in [-0.4, -0.2) is 50.5 Å². The Morgan fingerprint density at radius 3 is 2.36 bits per heavy atom. The molecule has 0 bridgehead atoms. The van der Waals surface area contributed by atoms with Crippen LogP contribution in [0.15, 0.2) is 42.5 Å². The Bertz CT molecular complexity index is 1170. The molecule has 7 nitrogen and oxygen atoms in total. The molecule has 0 fully saturated rings. The Labute approximate surface area is 220 Å². The summed E-state index contributed by atoms with van der Waals surface area (Å²) < 4.78 is 26.5. The fraction of sp³-hybridized carbons (Fsp3) is 0.481. The van der Waals surface area contributed by atoms with Gasteiger partial charge < -0.3 is 10.2 Å². The number of anilines is 1. The highest BCUT2D eigenvalue weighted by molar-refractivity contribution is 7.92. The number of benzene rings is 2. The minimum atomic E-state index is -3.54. The van der Waals surface area contributed by atoms with E-state index < -0.39 is 16.1 Å². The zero-order chi connectivity index (χ0) is 27.0. The van der Waals surface area contributed by atoms with Crippen molar-refractivity contribution in [3.05, 3.63) is 64.2 Å². The van der Waals surface area contributed by atoms with Gasteiger partial charge in [0.25, 0.3) is 0 Å². The molecule has 0 saturated carbocycles. The van der Waals surface area contributed by atoms with E-state index in [0.717, 1.165) is 16.7 Å². The minimum Gasteiger partial charge on any atom is -0.354 e. The van der Waals surface area contributed by atoms with Crippen molar-refractivity contribution in [2.45, 2.75) is 60.0 Å². The number of hydrogen-bond acceptors (Lipinski definition) is 4. The molecule has 0 aromatic heterocycles. The summed E-state index contributed by atoms with van der Waals surface area (Å²) in [6.07, 6.45) is 1.58. The smallest absolute Gasteiger partial charge is 0.242 e. The normalized spacial score (nSPS) is 12.3. The van der Waals surface area contributed by atoms with E-state index in [0.29, 0.717) is 23.7 Å². The molecule has 0 aliphatic rings. The summed E-state index contributed by atoms with van der Waals surface area (Å²) in [6, 6.07) is 12.1. The second-order valence-corrected chi connectivity index (χ2v) is 12.0. The number of amides is 2. The van der Waals surface area contributed by atoms with Gasteiger partial charge in [-0.05, 0) is 68.0 Å². The largest absolute Gasteiger partial charge is 0.354 e. The predicted molar refractivity (Wildman–Crippen MR) is 147 cm³/mol. The lowest BCUT2D eigenvalue weighted by Crippen LogP contribution is -2.48. The topological polar surface area (TPSA) is 86.8 Å². The fourth-order valence-electron chi connectivity index (χ4n) is 3.84. The highest BCUT2D eigenvalue weighted by atomic mass is 35.5. The summed E-state index contributed by atoms with van der Waals surface area (Å²) in [4.78, 5) is 27.7. The SMILES string of the molecule is Cc1ccc(C)c(N(CCCC(=O)N(Cc2cccc(Cl)c2)C(C)C(=O)NCC(C)C)S(C)(=O)=O)c1. The van der Waals surface area contributed by atoms with Gasteiger partial charge in [0.05, 0.1) is 11.9 Å². The monoisotopic (exact) mass is 535 g/mol. The number of rotatable bonds is 12. The Morgan fingerprint density at radius 1 is 1.06 bits per heavy atom. The molecule has 1 atom stereocenters. The van der Waals surface area contributed by atoms with Crippen molar-refractivity contribution in [2.24, 2.45) is 5.92 Å². The van der Waals surface area contributed by atoms with E-state index in [1.54, 1.807) is 25.1 Å². The summed E-state index contributed by atoms with van der Waals surface area (Å²) in [7, 11) is -3.54. The van der Waals surface area contributed by atoms with Crippen molar-refractivity contribution in [3.63, 3.8) is 0 Å². The predicted octanol–water partition coefficient (Wildman–Crippen LogP) is 4.69. The van der Waals surface area contributed by atoms with Gasteiger partial charge in [-0.2, -0.15) is 0 Å². The van der Waals surface area contributed by atoms with Crippen LogP contribution in [0.1, 0.15) is 50.3 Å². The lowest BCUT2D eigenvalue weighted by Gasteiger charge is -2.30. The molecular weight excluding hydrogens is 498 g/mol. The lowest BCUT2D eigenvalue weighted by molar-refractivity contribution is -0.140. The quantitative estimate of drug-likeness (QED) is 0.427. The second-order valence-electron chi connectivity index (χ2n) is 9.70. The molecule has 0 saturated heterocycles. The van der Waals surface area contributed by atoms with E-state index in [9.17, 15) is 18.0 Å². The number of carbonyl (C=O) groups is 2. The van der Waals surface area contributed by atoms with Gasteiger partial charge in [0.1, 0.15) is 6.04 Å². The number of sulfonamides is 1. The molecule has 0 spiro atoms.